The quantitative estimate of drug-likeness (QED) is 0.677. The average Bonchev–Trinajstić information content (AvgIpc) is 3.21. The minimum absolute atomic E-state index is 0.171. The van der Waals surface area contributed by atoms with E-state index in [9.17, 15) is 9.59 Å². The third-order valence-electron chi connectivity index (χ3n) is 4.95. The zero-order valence-corrected chi connectivity index (χ0v) is 17.3. The van der Waals surface area contributed by atoms with Crippen LogP contribution in [0.4, 0.5) is 0 Å². The number of aromatic nitrogens is 2. The van der Waals surface area contributed by atoms with E-state index < -0.39 is 5.54 Å². The summed E-state index contributed by atoms with van der Waals surface area (Å²) in [5, 5.41) is 7.86. The molecule has 0 atom stereocenters. The van der Waals surface area contributed by atoms with Crippen LogP contribution in [0.2, 0.25) is 5.02 Å². The molecule has 0 saturated heterocycles. The second-order valence-corrected chi connectivity index (χ2v) is 7.78. The lowest BCUT2D eigenvalue weighted by atomic mass is 10.0. The summed E-state index contributed by atoms with van der Waals surface area (Å²) in [7, 11) is 0. The monoisotopic (exact) mass is 425 g/mol. The molecule has 0 bridgehead atoms. The van der Waals surface area contributed by atoms with Crippen LogP contribution >= 0.6 is 11.6 Å². The van der Waals surface area contributed by atoms with Crippen LogP contribution in [-0.2, 0) is 16.9 Å². The summed E-state index contributed by atoms with van der Waals surface area (Å²) in [6.45, 7) is 3.71. The molecule has 0 fully saturated rings. The molecule has 0 saturated carbocycles. The van der Waals surface area contributed by atoms with E-state index in [2.05, 4.69) is 10.4 Å². The van der Waals surface area contributed by atoms with Gasteiger partial charge in [0.1, 0.15) is 5.54 Å². The van der Waals surface area contributed by atoms with Crippen LogP contribution in [0.5, 0.6) is 11.5 Å². The van der Waals surface area contributed by atoms with Crippen LogP contribution in [0.3, 0.4) is 0 Å². The van der Waals surface area contributed by atoms with E-state index in [1.54, 1.807) is 38.1 Å². The molecule has 1 aliphatic heterocycles. The maximum Gasteiger partial charge on any atom is 0.267 e. The van der Waals surface area contributed by atoms with E-state index in [0.717, 1.165) is 11.1 Å². The third-order valence-corrected chi connectivity index (χ3v) is 5.32. The van der Waals surface area contributed by atoms with Crippen molar-refractivity contribution in [3.63, 3.8) is 0 Å². The van der Waals surface area contributed by atoms with Crippen molar-refractivity contribution >= 4 is 17.5 Å². The molecule has 30 heavy (non-hydrogen) atoms. The van der Waals surface area contributed by atoms with E-state index in [4.69, 9.17) is 21.1 Å². The number of hydrogen-bond donors (Lipinski definition) is 1. The summed E-state index contributed by atoms with van der Waals surface area (Å²) < 4.78 is 11.9. The number of rotatable bonds is 5. The molecule has 2 heterocycles. The topological polar surface area (TPSA) is 82.5 Å². The molecule has 2 aromatic carbocycles. The number of carbonyl (C=O) groups is 1. The molecule has 0 radical (unpaired) electrons. The first kappa shape index (κ1) is 20.0. The van der Waals surface area contributed by atoms with Gasteiger partial charge in [-0.15, -0.1) is 0 Å². The number of amides is 1. The van der Waals surface area contributed by atoms with Crippen molar-refractivity contribution in [3.05, 3.63) is 75.5 Å². The van der Waals surface area contributed by atoms with E-state index in [1.807, 2.05) is 24.3 Å². The summed E-state index contributed by atoms with van der Waals surface area (Å²) in [5.74, 6) is 0.926. The average molecular weight is 426 g/mol. The van der Waals surface area contributed by atoms with Crippen molar-refractivity contribution in [2.45, 2.75) is 25.9 Å². The fourth-order valence-electron chi connectivity index (χ4n) is 3.15. The minimum Gasteiger partial charge on any atom is -0.454 e. The molecule has 8 heteroatoms. The van der Waals surface area contributed by atoms with Gasteiger partial charge in [-0.25, -0.2) is 4.68 Å². The number of ether oxygens (including phenoxy) is 2. The van der Waals surface area contributed by atoms with Crippen LogP contribution < -0.4 is 20.3 Å². The zero-order valence-electron chi connectivity index (χ0n) is 16.5. The van der Waals surface area contributed by atoms with E-state index >= 15 is 0 Å². The predicted molar refractivity (Wildman–Crippen MR) is 113 cm³/mol. The van der Waals surface area contributed by atoms with Crippen LogP contribution in [-0.4, -0.2) is 22.5 Å². The first-order chi connectivity index (χ1) is 14.4. The van der Waals surface area contributed by atoms with E-state index in [1.165, 1.54) is 10.7 Å². The lowest BCUT2D eigenvalue weighted by Gasteiger charge is -2.25. The Balaban J connectivity index is 1.60. The van der Waals surface area contributed by atoms with Crippen LogP contribution in [0.15, 0.2) is 59.4 Å². The number of benzene rings is 2. The molecule has 0 spiro atoms. The van der Waals surface area contributed by atoms with Gasteiger partial charge in [0.05, 0.1) is 5.69 Å². The number of carbonyl (C=O) groups excluding carboxylic acids is 1. The molecule has 1 aromatic heterocycles. The Morgan fingerprint density at radius 3 is 2.70 bits per heavy atom. The van der Waals surface area contributed by atoms with Crippen molar-refractivity contribution < 1.29 is 14.3 Å². The van der Waals surface area contributed by atoms with Gasteiger partial charge in [0.2, 0.25) is 12.7 Å². The standard InChI is InChI=1S/C22H20ClN3O4/c1-22(2,21(28)24-12-15-5-3-4-6-16(15)23)26-20(27)10-8-17(25-26)14-7-9-18-19(11-14)30-13-29-18/h3-11H,12-13H2,1-2H3,(H,24,28). The van der Waals surface area contributed by atoms with Gasteiger partial charge in [-0.1, -0.05) is 29.8 Å². The molecule has 1 amide bonds. The summed E-state index contributed by atoms with van der Waals surface area (Å²) in [5.41, 5.74) is 0.486. The smallest absolute Gasteiger partial charge is 0.267 e. The second kappa shape index (κ2) is 7.84. The van der Waals surface area contributed by atoms with Crippen LogP contribution in [0.1, 0.15) is 19.4 Å². The molecular formula is C22H20ClN3O4. The fourth-order valence-corrected chi connectivity index (χ4v) is 3.35. The Labute approximate surface area is 178 Å². The van der Waals surface area contributed by atoms with Crippen molar-refractivity contribution in [1.29, 1.82) is 0 Å². The highest BCUT2D eigenvalue weighted by molar-refractivity contribution is 6.31. The van der Waals surface area contributed by atoms with Gasteiger partial charge in [-0.05, 0) is 49.7 Å². The van der Waals surface area contributed by atoms with Gasteiger partial charge in [0.15, 0.2) is 11.5 Å². The summed E-state index contributed by atoms with van der Waals surface area (Å²) in [4.78, 5) is 25.4. The first-order valence-electron chi connectivity index (χ1n) is 9.39. The molecule has 0 aliphatic carbocycles. The fraction of sp³-hybridized carbons (Fsp3) is 0.227. The predicted octanol–water partition coefficient (Wildman–Crippen LogP) is 3.34. The molecule has 154 valence electrons. The van der Waals surface area contributed by atoms with Gasteiger partial charge in [-0.3, -0.25) is 9.59 Å². The van der Waals surface area contributed by atoms with Crippen molar-refractivity contribution in [1.82, 2.24) is 15.1 Å². The number of fused-ring (bicyclic) bond motifs is 1. The molecule has 1 aliphatic rings. The SMILES string of the molecule is CC(C)(C(=O)NCc1ccccc1Cl)n1nc(-c2ccc3c(c2)OCO3)ccc1=O. The molecule has 4 rings (SSSR count). The Bertz CT molecular complexity index is 1170. The summed E-state index contributed by atoms with van der Waals surface area (Å²) >= 11 is 6.16. The van der Waals surface area contributed by atoms with Crippen molar-refractivity contribution in [2.24, 2.45) is 0 Å². The summed E-state index contributed by atoms with van der Waals surface area (Å²) in [6.07, 6.45) is 0. The van der Waals surface area contributed by atoms with E-state index in [0.29, 0.717) is 22.2 Å². The molecular weight excluding hydrogens is 406 g/mol. The number of nitrogens with zero attached hydrogens (tertiary/aromatic N) is 2. The highest BCUT2D eigenvalue weighted by Gasteiger charge is 2.32. The normalized spacial score (nSPS) is 12.6. The van der Waals surface area contributed by atoms with Gasteiger partial charge >= 0.3 is 0 Å². The highest BCUT2D eigenvalue weighted by atomic mass is 35.5. The Morgan fingerprint density at radius 1 is 1.13 bits per heavy atom. The highest BCUT2D eigenvalue weighted by Crippen LogP contribution is 2.35. The van der Waals surface area contributed by atoms with Gasteiger partial charge in [0, 0.05) is 23.2 Å². The summed E-state index contributed by atoms with van der Waals surface area (Å²) in [6, 6.07) is 15.7. The maximum absolute atomic E-state index is 12.9. The van der Waals surface area contributed by atoms with Gasteiger partial charge in [-0.2, -0.15) is 5.10 Å². The van der Waals surface area contributed by atoms with Crippen LogP contribution in [0.25, 0.3) is 11.3 Å². The van der Waals surface area contributed by atoms with Crippen molar-refractivity contribution in [3.8, 4) is 22.8 Å². The minimum atomic E-state index is -1.22. The largest absolute Gasteiger partial charge is 0.454 e. The lowest BCUT2D eigenvalue weighted by molar-refractivity contribution is -0.129. The Hall–Kier alpha value is -3.32. The van der Waals surface area contributed by atoms with Crippen molar-refractivity contribution in [2.75, 3.05) is 6.79 Å². The second-order valence-electron chi connectivity index (χ2n) is 7.37. The van der Waals surface area contributed by atoms with Gasteiger partial charge in [0.25, 0.3) is 5.56 Å². The van der Waals surface area contributed by atoms with E-state index in [-0.39, 0.29) is 24.8 Å². The van der Waals surface area contributed by atoms with Crippen LogP contribution in [0, 0.1) is 0 Å². The molecule has 1 N–H and O–H groups in total. The van der Waals surface area contributed by atoms with Gasteiger partial charge < -0.3 is 14.8 Å². The number of hydrogen-bond acceptors (Lipinski definition) is 5. The molecule has 3 aromatic rings. The Morgan fingerprint density at radius 2 is 1.90 bits per heavy atom. The number of halogens is 1. The zero-order chi connectivity index (χ0) is 21.3. The maximum atomic E-state index is 12.9. The lowest BCUT2D eigenvalue weighted by Crippen LogP contribution is -2.49. The Kier molecular flexibility index (Phi) is 5.22. The molecule has 0 unspecified atom stereocenters. The third kappa shape index (κ3) is 3.76. The first-order valence-corrected chi connectivity index (χ1v) is 9.76. The molecule has 7 nitrogen and oxygen atoms in total. The number of nitrogens with one attached hydrogen (secondary N) is 1.